The predicted octanol–water partition coefficient (Wildman–Crippen LogP) is 4.24. The Labute approximate surface area is 293 Å². The van der Waals surface area contributed by atoms with Crippen molar-refractivity contribution in [3.63, 3.8) is 0 Å². The quantitative estimate of drug-likeness (QED) is 0.422. The molecule has 5 heteroatoms. The predicted molar refractivity (Wildman–Crippen MR) is 176 cm³/mol. The van der Waals surface area contributed by atoms with Crippen molar-refractivity contribution in [2.75, 3.05) is 0 Å². The average Bonchev–Trinajstić information content (AvgIpc) is 3.61. The number of hydrogen-bond acceptors (Lipinski definition) is 1. The second-order valence-electron chi connectivity index (χ2n) is 15.5. The van der Waals surface area contributed by atoms with Crippen molar-refractivity contribution in [1.29, 1.82) is 0 Å². The molecule has 9 aliphatic rings. The van der Waals surface area contributed by atoms with E-state index in [1.807, 2.05) is 0 Å². The number of rotatable bonds is 3. The van der Waals surface area contributed by atoms with E-state index in [0.717, 1.165) is 17.8 Å². The van der Waals surface area contributed by atoms with Gasteiger partial charge in [0.2, 0.25) is 0 Å². The summed E-state index contributed by atoms with van der Waals surface area (Å²) in [6.45, 7) is 13.9. The van der Waals surface area contributed by atoms with E-state index in [9.17, 15) is 0 Å². The third kappa shape index (κ3) is 4.81. The minimum atomic E-state index is -1.15. The minimum Gasteiger partial charge on any atom is -1.00 e. The van der Waals surface area contributed by atoms with Gasteiger partial charge in [-0.2, -0.15) is 0 Å². The second kappa shape index (κ2) is 11.5. The molecule has 0 N–H and O–H groups in total. The molecule has 6 aliphatic carbocycles. The summed E-state index contributed by atoms with van der Waals surface area (Å²) in [6, 6.07) is 16.8. The van der Waals surface area contributed by atoms with Gasteiger partial charge in [0.15, 0.2) is 0 Å². The number of hydrogen-bond donors (Lipinski definition) is 0. The largest absolute Gasteiger partial charge is 1.00 e. The van der Waals surface area contributed by atoms with E-state index in [4.69, 9.17) is 0 Å². The average molecular weight is 717 g/mol. The molecule has 0 aromatic heterocycles. The summed E-state index contributed by atoms with van der Waals surface area (Å²) in [5, 5.41) is 3.28. The normalized spacial score (nSPS) is 30.9. The number of benzene rings is 2. The first-order chi connectivity index (χ1) is 20.1. The van der Waals surface area contributed by atoms with Crippen molar-refractivity contribution in [2.24, 2.45) is 28.7 Å². The topological polar surface area (TPSA) is 12.4 Å². The van der Waals surface area contributed by atoms with Crippen LogP contribution >= 0.6 is 0 Å². The van der Waals surface area contributed by atoms with Crippen LogP contribution in [0, 0.1) is 23.7 Å². The zero-order valence-electron chi connectivity index (χ0n) is 27.0. The van der Waals surface area contributed by atoms with E-state index >= 15 is 0 Å². The number of nitrogens with zero attached hydrogens (tertiary/aromatic N) is 1. The van der Waals surface area contributed by atoms with E-state index in [1.54, 1.807) is 51.8 Å². The molecular weight excluding hydrogens is 673 g/mol. The van der Waals surface area contributed by atoms with Gasteiger partial charge in [-0.05, 0) is 35.9 Å². The molecule has 2 aromatic carbocycles. The Morgan fingerprint density at radius 2 is 1.45 bits per heavy atom. The monoisotopic (exact) mass is 714 g/mol. The minimum absolute atomic E-state index is 0. The molecule has 0 amide bonds. The summed E-state index contributed by atoms with van der Waals surface area (Å²) in [4.78, 5) is 4.62. The number of fused-ring (bicyclic) bond motifs is 1. The molecule has 2 aromatic rings. The van der Waals surface area contributed by atoms with E-state index in [-0.39, 0.29) is 24.8 Å². The Bertz CT molecular complexity index is 1650. The maximum atomic E-state index is 4.62. The van der Waals surface area contributed by atoms with Gasteiger partial charge in [0.25, 0.3) is 0 Å². The molecule has 4 fully saturated rings. The molecule has 0 saturated heterocycles. The van der Waals surface area contributed by atoms with Crippen LogP contribution in [0.25, 0.3) is 17.2 Å². The van der Waals surface area contributed by atoms with Gasteiger partial charge in [0, 0.05) is 11.3 Å². The van der Waals surface area contributed by atoms with Gasteiger partial charge >= 0.3 is 192 Å². The molecule has 227 valence electrons. The van der Waals surface area contributed by atoms with Crippen LogP contribution in [0.2, 0.25) is 13.1 Å². The molecule has 3 heterocycles. The first-order valence-corrected chi connectivity index (χ1v) is 20.9. The van der Waals surface area contributed by atoms with Crippen molar-refractivity contribution in [1.82, 2.24) is 0 Å². The molecule has 1 nitrogen and oxygen atoms in total. The van der Waals surface area contributed by atoms with Crippen LogP contribution in [-0.4, -0.2) is 13.8 Å². The molecular formula is C39H44Cl2NSiZr. The van der Waals surface area contributed by atoms with Crippen LogP contribution in [0.15, 0.2) is 86.3 Å². The van der Waals surface area contributed by atoms with Crippen LogP contribution < -0.4 is 24.8 Å². The van der Waals surface area contributed by atoms with E-state index in [1.165, 1.54) is 77.8 Å². The summed E-state index contributed by atoms with van der Waals surface area (Å²) in [6.07, 6.45) is 13.7. The number of aliphatic imine (C=N–C) groups is 1. The van der Waals surface area contributed by atoms with Gasteiger partial charge in [0.05, 0.1) is 5.71 Å². The van der Waals surface area contributed by atoms with Crippen molar-refractivity contribution < 1.29 is 49.5 Å². The maximum absolute atomic E-state index is 4.62. The summed E-state index contributed by atoms with van der Waals surface area (Å²) >= 11 is 1.62. The maximum Gasteiger partial charge on any atom is 0.116 e. The van der Waals surface area contributed by atoms with Gasteiger partial charge in [0.1, 0.15) is 8.07 Å². The Kier molecular flexibility index (Phi) is 8.52. The fraction of sp³-hybridized carbons (Fsp3) is 0.462. The molecule has 11 rings (SSSR count). The fourth-order valence-corrected chi connectivity index (χ4v) is 16.2. The van der Waals surface area contributed by atoms with Crippen molar-refractivity contribution in [3.05, 3.63) is 98.0 Å². The Hall–Kier alpha value is -1.25. The van der Waals surface area contributed by atoms with Gasteiger partial charge in [-0.3, -0.25) is 4.99 Å². The Morgan fingerprint density at radius 1 is 0.841 bits per heavy atom. The van der Waals surface area contributed by atoms with Gasteiger partial charge in [-0.15, -0.1) is 0 Å². The molecule has 1 atom stereocenters. The summed E-state index contributed by atoms with van der Waals surface area (Å²) in [7, 11) is -1.15. The third-order valence-electron chi connectivity index (χ3n) is 12.0. The van der Waals surface area contributed by atoms with Crippen molar-refractivity contribution >= 4 is 19.9 Å². The van der Waals surface area contributed by atoms with Crippen LogP contribution in [0.4, 0.5) is 0 Å². The van der Waals surface area contributed by atoms with Gasteiger partial charge in [-0.25, -0.2) is 0 Å². The van der Waals surface area contributed by atoms with Gasteiger partial charge in [-0.1, -0.05) is 13.1 Å². The first kappa shape index (κ1) is 32.7. The van der Waals surface area contributed by atoms with E-state index in [0.29, 0.717) is 15.0 Å². The van der Waals surface area contributed by atoms with Gasteiger partial charge < -0.3 is 24.8 Å². The molecule has 1 unspecified atom stereocenters. The number of allylic oxidation sites excluding steroid dienone is 7. The Balaban J connectivity index is 0.000000193. The molecule has 0 radical (unpaired) electrons. The van der Waals surface area contributed by atoms with Crippen molar-refractivity contribution in [3.8, 4) is 11.1 Å². The Morgan fingerprint density at radius 3 is 2.00 bits per heavy atom. The first-order valence-electron chi connectivity index (χ1n) is 16.5. The smallest absolute Gasteiger partial charge is 0.116 e. The van der Waals surface area contributed by atoms with Crippen LogP contribution in [-0.2, 0) is 30.1 Å². The van der Waals surface area contributed by atoms with Crippen LogP contribution in [0.3, 0.4) is 0 Å². The fourth-order valence-electron chi connectivity index (χ4n) is 10.7. The van der Waals surface area contributed by atoms with E-state index < -0.39 is 8.07 Å². The second-order valence-corrected chi connectivity index (χ2v) is 21.1. The van der Waals surface area contributed by atoms with Crippen LogP contribution in [0.5, 0.6) is 0 Å². The zero-order chi connectivity index (χ0) is 29.1. The molecule has 3 aliphatic heterocycles. The summed E-state index contributed by atoms with van der Waals surface area (Å²) in [5.74, 6) is 3.68. The summed E-state index contributed by atoms with van der Waals surface area (Å²) < 4.78 is 0.642. The molecule has 6 bridgehead atoms. The SMILES string of the molecule is CC(C)C1=Cc2c(-c3ccc(C45CC6CC(CC(C6)C4)C5)cc3)cccc2[CH]1[Zr+2].CC1=CC2=C3C(C)=C(C2=N1)[Si]3(C)C.[Cl-].[Cl-]. The zero-order valence-corrected chi connectivity index (χ0v) is 32.0. The molecule has 4 saturated carbocycles. The third-order valence-corrected chi connectivity index (χ3v) is 17.4. The molecule has 44 heavy (non-hydrogen) atoms. The molecule has 0 spiro atoms. The van der Waals surface area contributed by atoms with Crippen LogP contribution in [0.1, 0.15) is 86.5 Å². The standard InChI is InChI=1S/C28H31.C11H13NSi.2ClH.Zr/c1-18(2)24-13-23-4-3-5-26(27(23)14-24)22-6-8-25(9-7-22)28-15-19-10-20(16-28)12-21(11-19)17-28;1-6-5-8-9(12-6)11-7(2)10(8)13(11,3)4;;;/h3-9,13-14,18-21H,10-12,15-17H2,1-2H3;5H,1-4H3;2*1H;/q;;;;+2/p-2. The van der Waals surface area contributed by atoms with Crippen molar-refractivity contribution in [2.45, 2.75) is 88.4 Å². The number of halogens is 2. The van der Waals surface area contributed by atoms with E-state index in [2.05, 4.69) is 100 Å². The summed E-state index contributed by atoms with van der Waals surface area (Å²) in [5.41, 5.74) is 15.1.